The number of carbonyl (C=O) groups excluding carboxylic acids is 2. The van der Waals surface area contributed by atoms with Crippen LogP contribution in [0.1, 0.15) is 40.1 Å². The summed E-state index contributed by atoms with van der Waals surface area (Å²) < 4.78 is 6.55. The van der Waals surface area contributed by atoms with E-state index in [0.29, 0.717) is 36.6 Å². The first-order valence-electron chi connectivity index (χ1n) is 13.5. The molecule has 0 aliphatic carbocycles. The molecule has 0 bridgehead atoms. The van der Waals surface area contributed by atoms with Crippen molar-refractivity contribution in [3.63, 3.8) is 0 Å². The fourth-order valence-corrected chi connectivity index (χ4v) is 4.80. The molecule has 3 aromatic rings. The second-order valence-electron chi connectivity index (χ2n) is 10.4. The van der Waals surface area contributed by atoms with E-state index in [2.05, 4.69) is 15.5 Å². The number of hydrogen-bond donors (Lipinski definition) is 4. The number of carboxylic acid groups (broad SMARTS) is 1. The Bertz CT molecular complexity index is 1360. The second-order valence-corrected chi connectivity index (χ2v) is 10.4. The largest absolute Gasteiger partial charge is 0.486 e. The van der Waals surface area contributed by atoms with Gasteiger partial charge in [-0.1, -0.05) is 43.3 Å². The predicted octanol–water partition coefficient (Wildman–Crippen LogP) is 4.38. The number of ether oxygens (including phenoxy) is 1. The minimum absolute atomic E-state index is 0.121. The zero-order valence-corrected chi connectivity index (χ0v) is 23.4. The van der Waals surface area contributed by atoms with Crippen LogP contribution in [0.3, 0.4) is 0 Å². The van der Waals surface area contributed by atoms with Gasteiger partial charge in [0.2, 0.25) is 0 Å². The highest BCUT2D eigenvalue weighted by molar-refractivity contribution is 6.04. The molecule has 3 aromatic carbocycles. The van der Waals surface area contributed by atoms with Gasteiger partial charge in [0.25, 0.3) is 5.91 Å². The van der Waals surface area contributed by atoms with Gasteiger partial charge in [0.1, 0.15) is 6.10 Å². The molecule has 0 radical (unpaired) electrons. The van der Waals surface area contributed by atoms with E-state index in [1.54, 1.807) is 66.4 Å². The lowest BCUT2D eigenvalue weighted by Gasteiger charge is -2.38. The van der Waals surface area contributed by atoms with E-state index in [0.717, 1.165) is 5.56 Å². The molecule has 4 rings (SSSR count). The van der Waals surface area contributed by atoms with Crippen molar-refractivity contribution in [3.8, 4) is 5.75 Å². The van der Waals surface area contributed by atoms with Crippen molar-refractivity contribution >= 4 is 29.3 Å². The van der Waals surface area contributed by atoms with E-state index < -0.39 is 18.0 Å². The number of aliphatic hydroxyl groups is 1. The van der Waals surface area contributed by atoms with Gasteiger partial charge >= 0.3 is 12.0 Å². The molecule has 0 spiro atoms. The van der Waals surface area contributed by atoms with Crippen LogP contribution in [-0.4, -0.2) is 76.8 Å². The molecule has 0 aromatic heterocycles. The molecule has 3 atom stereocenters. The maximum atomic E-state index is 13.7. The number of nitrogens with zero attached hydrogens (tertiary/aromatic N) is 2. The normalized spacial score (nSPS) is 17.6. The molecule has 10 heteroatoms. The van der Waals surface area contributed by atoms with E-state index in [4.69, 9.17) is 4.74 Å². The molecule has 41 heavy (non-hydrogen) atoms. The van der Waals surface area contributed by atoms with Crippen molar-refractivity contribution < 1.29 is 29.3 Å². The fraction of sp³-hybridized carbons (Fsp3) is 0.323. The van der Waals surface area contributed by atoms with Crippen LogP contribution in [0.2, 0.25) is 0 Å². The predicted molar refractivity (Wildman–Crippen MR) is 156 cm³/mol. The molecule has 0 fully saturated rings. The summed E-state index contributed by atoms with van der Waals surface area (Å²) in [5.74, 6) is -1.11. The van der Waals surface area contributed by atoms with Gasteiger partial charge in [-0.15, -0.1) is 0 Å². The molecule has 1 aliphatic heterocycles. The average Bonchev–Trinajstić information content (AvgIpc) is 2.95. The van der Waals surface area contributed by atoms with Gasteiger partial charge in [0.15, 0.2) is 5.75 Å². The standard InChI is InChI=1S/C31H36N4O6/c1-20-16-35(21(2)19-36)29(37)25-10-7-11-26(33-31(40)32-24-8-5-4-6-9-24)28(25)41-27(20)18-34(3)17-22-12-14-23(15-13-22)30(38)39/h4-15,20-21,27,36H,16-19H2,1-3H3,(H,38,39)(H2,32,33,40)/t20-,21+,27+/m1/s1. The maximum Gasteiger partial charge on any atom is 0.335 e. The summed E-state index contributed by atoms with van der Waals surface area (Å²) in [5.41, 5.74) is 2.44. The number of likely N-dealkylation sites (N-methyl/N-ethyl adjacent to an activating group) is 1. The lowest BCUT2D eigenvalue weighted by molar-refractivity contribution is 0.0343. The van der Waals surface area contributed by atoms with Crippen LogP contribution in [0, 0.1) is 5.92 Å². The SMILES string of the molecule is C[C@@H]1CN([C@@H](C)CO)C(=O)c2cccc(NC(=O)Nc3ccccc3)c2O[C@H]1CN(C)Cc1ccc(C(=O)O)cc1. The zero-order valence-electron chi connectivity index (χ0n) is 23.4. The van der Waals surface area contributed by atoms with Gasteiger partial charge in [-0.3, -0.25) is 9.69 Å². The van der Waals surface area contributed by atoms with Crippen LogP contribution < -0.4 is 15.4 Å². The van der Waals surface area contributed by atoms with Crippen molar-refractivity contribution in [2.45, 2.75) is 32.5 Å². The van der Waals surface area contributed by atoms with Crippen LogP contribution in [0.4, 0.5) is 16.2 Å². The third-order valence-corrected chi connectivity index (χ3v) is 7.12. The van der Waals surface area contributed by atoms with E-state index >= 15 is 0 Å². The molecule has 4 N–H and O–H groups in total. The maximum absolute atomic E-state index is 13.7. The van der Waals surface area contributed by atoms with E-state index in [-0.39, 0.29) is 35.8 Å². The first-order chi connectivity index (χ1) is 19.7. The van der Waals surface area contributed by atoms with E-state index in [1.165, 1.54) is 0 Å². The van der Waals surface area contributed by atoms with Crippen LogP contribution in [0.5, 0.6) is 5.75 Å². The number of carboxylic acids is 1. The molecule has 0 unspecified atom stereocenters. The number of urea groups is 1. The van der Waals surface area contributed by atoms with Gasteiger partial charge in [0.05, 0.1) is 29.5 Å². The highest BCUT2D eigenvalue weighted by Crippen LogP contribution is 2.35. The third kappa shape index (κ3) is 7.41. The molecule has 216 valence electrons. The summed E-state index contributed by atoms with van der Waals surface area (Å²) in [5, 5.41) is 24.7. The van der Waals surface area contributed by atoms with E-state index in [1.807, 2.05) is 32.2 Å². The first kappa shape index (κ1) is 29.6. The summed E-state index contributed by atoms with van der Waals surface area (Å²) in [6.07, 6.45) is -0.376. The molecule has 0 saturated carbocycles. The molecule has 1 heterocycles. The summed E-state index contributed by atoms with van der Waals surface area (Å²) in [4.78, 5) is 41.4. The summed E-state index contributed by atoms with van der Waals surface area (Å²) in [6.45, 7) is 5.01. The minimum atomic E-state index is -0.974. The molecule has 0 saturated heterocycles. The smallest absolute Gasteiger partial charge is 0.335 e. The van der Waals surface area contributed by atoms with Crippen molar-refractivity contribution in [3.05, 3.63) is 89.5 Å². The minimum Gasteiger partial charge on any atom is -0.486 e. The van der Waals surface area contributed by atoms with Gasteiger partial charge in [-0.05, 0) is 55.9 Å². The van der Waals surface area contributed by atoms with Gasteiger partial charge in [-0.25, -0.2) is 9.59 Å². The number of anilines is 2. The lowest BCUT2D eigenvalue weighted by atomic mass is 9.98. The highest BCUT2D eigenvalue weighted by atomic mass is 16.5. The van der Waals surface area contributed by atoms with Crippen molar-refractivity contribution in [1.82, 2.24) is 9.80 Å². The Labute approximate surface area is 239 Å². The van der Waals surface area contributed by atoms with Crippen LogP contribution in [-0.2, 0) is 6.54 Å². The van der Waals surface area contributed by atoms with Gasteiger partial charge < -0.3 is 30.5 Å². The van der Waals surface area contributed by atoms with E-state index in [9.17, 15) is 24.6 Å². The monoisotopic (exact) mass is 560 g/mol. The number of rotatable bonds is 9. The molecule has 10 nitrogen and oxygen atoms in total. The Morgan fingerprint density at radius 1 is 1.05 bits per heavy atom. The number of benzene rings is 3. The topological polar surface area (TPSA) is 131 Å². The van der Waals surface area contributed by atoms with Crippen LogP contribution in [0.25, 0.3) is 0 Å². The quantitative estimate of drug-likeness (QED) is 0.305. The molecular weight excluding hydrogens is 524 g/mol. The van der Waals surface area contributed by atoms with Crippen molar-refractivity contribution in [2.24, 2.45) is 5.92 Å². The lowest BCUT2D eigenvalue weighted by Crippen LogP contribution is -2.49. The summed E-state index contributed by atoms with van der Waals surface area (Å²) in [6, 6.07) is 19.9. The summed E-state index contributed by atoms with van der Waals surface area (Å²) >= 11 is 0. The van der Waals surface area contributed by atoms with Crippen LogP contribution in [0.15, 0.2) is 72.8 Å². The Balaban J connectivity index is 1.60. The van der Waals surface area contributed by atoms with Crippen molar-refractivity contribution in [2.75, 3.05) is 37.4 Å². The van der Waals surface area contributed by atoms with Crippen molar-refractivity contribution in [1.29, 1.82) is 0 Å². The second kappa shape index (κ2) is 13.3. The Hall–Kier alpha value is -4.41. The number of aromatic carboxylic acids is 1. The fourth-order valence-electron chi connectivity index (χ4n) is 4.80. The van der Waals surface area contributed by atoms with Gasteiger partial charge in [-0.2, -0.15) is 0 Å². The molecular formula is C31H36N4O6. The number of hydrogen-bond acceptors (Lipinski definition) is 6. The third-order valence-electron chi connectivity index (χ3n) is 7.12. The number of para-hydroxylation sites is 2. The van der Waals surface area contributed by atoms with Gasteiger partial charge in [0, 0.05) is 31.2 Å². The number of carbonyl (C=O) groups is 3. The number of aliphatic hydroxyl groups excluding tert-OH is 1. The Morgan fingerprint density at radius 2 is 1.76 bits per heavy atom. The highest BCUT2D eigenvalue weighted by Gasteiger charge is 2.34. The molecule has 3 amide bonds. The van der Waals surface area contributed by atoms with Crippen LogP contribution >= 0.6 is 0 Å². The Kier molecular flexibility index (Phi) is 9.59. The average molecular weight is 561 g/mol. The number of fused-ring (bicyclic) bond motifs is 1. The summed E-state index contributed by atoms with van der Waals surface area (Å²) in [7, 11) is 1.94. The number of amides is 3. The number of nitrogens with one attached hydrogen (secondary N) is 2. The zero-order chi connectivity index (χ0) is 29.5. The molecule has 1 aliphatic rings. The first-order valence-corrected chi connectivity index (χ1v) is 13.5. The Morgan fingerprint density at radius 3 is 2.41 bits per heavy atom.